The van der Waals surface area contributed by atoms with E-state index in [-0.39, 0.29) is 18.5 Å². The molecular formula is C12H22N2O4S. The lowest BCUT2D eigenvalue weighted by Gasteiger charge is -2.37. The van der Waals surface area contributed by atoms with Crippen molar-refractivity contribution in [3.8, 4) is 0 Å². The fraction of sp³-hybridized carbons (Fsp3) is 0.833. The third kappa shape index (κ3) is 5.28. The number of amides is 2. The van der Waals surface area contributed by atoms with Crippen molar-refractivity contribution in [1.82, 2.24) is 9.80 Å². The van der Waals surface area contributed by atoms with Gasteiger partial charge in [-0.3, -0.25) is 4.79 Å². The van der Waals surface area contributed by atoms with Crippen LogP contribution in [-0.4, -0.2) is 78.3 Å². The molecule has 0 spiro atoms. The van der Waals surface area contributed by atoms with Crippen LogP contribution >= 0.6 is 11.8 Å². The first kappa shape index (κ1) is 16.1. The predicted molar refractivity (Wildman–Crippen MR) is 74.6 cm³/mol. The molecule has 110 valence electrons. The molecule has 1 heterocycles. The molecule has 1 aliphatic heterocycles. The highest BCUT2D eigenvalue weighted by Crippen LogP contribution is 2.13. The minimum absolute atomic E-state index is 0.0651. The fourth-order valence-corrected chi connectivity index (χ4v) is 2.46. The summed E-state index contributed by atoms with van der Waals surface area (Å²) in [7, 11) is 1.76. The first-order chi connectivity index (χ1) is 9.06. The number of carboxylic acid groups (broad SMARTS) is 1. The van der Waals surface area contributed by atoms with Gasteiger partial charge in [-0.15, -0.1) is 0 Å². The third-order valence-corrected chi connectivity index (χ3v) is 3.75. The molecule has 0 saturated carbocycles. The van der Waals surface area contributed by atoms with Crippen molar-refractivity contribution >= 4 is 23.8 Å². The molecular weight excluding hydrogens is 268 g/mol. The molecule has 1 atom stereocenters. The summed E-state index contributed by atoms with van der Waals surface area (Å²) in [4.78, 5) is 26.4. The Morgan fingerprint density at radius 2 is 2.26 bits per heavy atom. The summed E-state index contributed by atoms with van der Waals surface area (Å²) in [6.45, 7) is 1.93. The van der Waals surface area contributed by atoms with Gasteiger partial charge in [-0.1, -0.05) is 0 Å². The van der Waals surface area contributed by atoms with E-state index in [0.29, 0.717) is 26.3 Å². The van der Waals surface area contributed by atoms with Crippen molar-refractivity contribution in [2.24, 2.45) is 0 Å². The maximum Gasteiger partial charge on any atom is 0.320 e. The van der Waals surface area contributed by atoms with Crippen LogP contribution < -0.4 is 0 Å². The summed E-state index contributed by atoms with van der Waals surface area (Å²) < 4.78 is 5.26. The number of hydrogen-bond donors (Lipinski definition) is 1. The molecule has 2 amide bonds. The molecule has 19 heavy (non-hydrogen) atoms. The number of rotatable bonds is 6. The number of urea groups is 1. The van der Waals surface area contributed by atoms with Crippen molar-refractivity contribution in [1.29, 1.82) is 0 Å². The summed E-state index contributed by atoms with van der Waals surface area (Å²) in [6, 6.07) is -0.461. The first-order valence-corrected chi connectivity index (χ1v) is 7.76. The molecule has 1 fully saturated rings. The van der Waals surface area contributed by atoms with Gasteiger partial charge in [-0.2, -0.15) is 11.8 Å². The van der Waals surface area contributed by atoms with E-state index in [0.717, 1.165) is 12.2 Å². The van der Waals surface area contributed by atoms with E-state index in [1.807, 2.05) is 6.26 Å². The van der Waals surface area contributed by atoms with Gasteiger partial charge in [0.2, 0.25) is 0 Å². The minimum Gasteiger partial charge on any atom is -0.481 e. The smallest absolute Gasteiger partial charge is 0.320 e. The Morgan fingerprint density at radius 1 is 1.53 bits per heavy atom. The van der Waals surface area contributed by atoms with Crippen LogP contribution in [0, 0.1) is 0 Å². The highest BCUT2D eigenvalue weighted by molar-refractivity contribution is 7.98. The molecule has 1 rings (SSSR count). The Labute approximate surface area is 118 Å². The highest BCUT2D eigenvalue weighted by atomic mass is 32.2. The molecule has 0 bridgehead atoms. The van der Waals surface area contributed by atoms with E-state index in [1.165, 1.54) is 0 Å². The van der Waals surface area contributed by atoms with Gasteiger partial charge in [0.25, 0.3) is 0 Å². The zero-order valence-corrected chi connectivity index (χ0v) is 12.3. The molecule has 0 aromatic heterocycles. The van der Waals surface area contributed by atoms with Crippen LogP contribution in [0.4, 0.5) is 4.79 Å². The van der Waals surface area contributed by atoms with Gasteiger partial charge in [0.05, 0.1) is 25.7 Å². The zero-order valence-electron chi connectivity index (χ0n) is 11.5. The average molecular weight is 290 g/mol. The van der Waals surface area contributed by atoms with Crippen molar-refractivity contribution in [3.63, 3.8) is 0 Å². The summed E-state index contributed by atoms with van der Waals surface area (Å²) in [5.41, 5.74) is 0. The van der Waals surface area contributed by atoms with Crippen molar-refractivity contribution in [2.75, 3.05) is 45.4 Å². The topological polar surface area (TPSA) is 70.1 Å². The minimum atomic E-state index is -0.904. The lowest BCUT2D eigenvalue weighted by atomic mass is 10.1. The Kier molecular flexibility index (Phi) is 7.01. The van der Waals surface area contributed by atoms with Gasteiger partial charge in [-0.25, -0.2) is 4.79 Å². The maximum atomic E-state index is 12.3. The van der Waals surface area contributed by atoms with Gasteiger partial charge >= 0.3 is 12.0 Å². The number of ether oxygens (including phenoxy) is 1. The largest absolute Gasteiger partial charge is 0.481 e. The summed E-state index contributed by atoms with van der Waals surface area (Å²) in [6.07, 6.45) is 2.91. The van der Waals surface area contributed by atoms with Crippen LogP contribution in [0.1, 0.15) is 12.8 Å². The zero-order chi connectivity index (χ0) is 14.3. The number of carbonyl (C=O) groups excluding carboxylic acids is 1. The second kappa shape index (κ2) is 8.27. The van der Waals surface area contributed by atoms with E-state index >= 15 is 0 Å². The van der Waals surface area contributed by atoms with E-state index in [2.05, 4.69) is 0 Å². The van der Waals surface area contributed by atoms with Crippen molar-refractivity contribution in [3.05, 3.63) is 0 Å². The summed E-state index contributed by atoms with van der Waals surface area (Å²) >= 11 is 1.75. The lowest BCUT2D eigenvalue weighted by molar-refractivity contribution is -0.139. The molecule has 1 aliphatic rings. The molecule has 0 aliphatic carbocycles. The first-order valence-electron chi connectivity index (χ1n) is 6.36. The normalized spacial score (nSPS) is 19.3. The van der Waals surface area contributed by atoms with Gasteiger partial charge in [0.1, 0.15) is 0 Å². The van der Waals surface area contributed by atoms with Gasteiger partial charge in [-0.05, 0) is 18.4 Å². The lowest BCUT2D eigenvalue weighted by Crippen LogP contribution is -2.53. The van der Waals surface area contributed by atoms with E-state index in [4.69, 9.17) is 9.84 Å². The number of carbonyl (C=O) groups is 2. The second-order valence-corrected chi connectivity index (χ2v) is 5.56. The predicted octanol–water partition coefficient (Wildman–Crippen LogP) is 0.967. The molecule has 1 saturated heterocycles. The Morgan fingerprint density at radius 3 is 2.89 bits per heavy atom. The van der Waals surface area contributed by atoms with Crippen molar-refractivity contribution in [2.45, 2.75) is 18.9 Å². The van der Waals surface area contributed by atoms with Gasteiger partial charge < -0.3 is 19.6 Å². The van der Waals surface area contributed by atoms with Crippen LogP contribution in [-0.2, 0) is 9.53 Å². The Balaban J connectivity index is 2.53. The SMILES string of the molecule is CSCCCN(C)C(=O)N1CCOCC1CC(=O)O. The third-order valence-electron chi connectivity index (χ3n) is 3.05. The molecule has 1 N–H and O–H groups in total. The Bertz CT molecular complexity index is 314. The number of nitrogens with zero attached hydrogens (tertiary/aromatic N) is 2. The van der Waals surface area contributed by atoms with Crippen molar-refractivity contribution < 1.29 is 19.4 Å². The van der Waals surface area contributed by atoms with Crippen LogP contribution in [0.5, 0.6) is 0 Å². The van der Waals surface area contributed by atoms with Crippen LogP contribution in [0.25, 0.3) is 0 Å². The Hall–Kier alpha value is -0.950. The van der Waals surface area contributed by atoms with Crippen LogP contribution in [0.3, 0.4) is 0 Å². The molecule has 0 aromatic carbocycles. The number of carboxylic acids is 1. The molecule has 0 radical (unpaired) electrons. The standard InChI is InChI=1S/C12H22N2O4S/c1-13(4-3-7-19-2)12(17)14-5-6-18-9-10(14)8-11(15)16/h10H,3-9H2,1-2H3,(H,15,16). The van der Waals surface area contributed by atoms with Gasteiger partial charge in [0.15, 0.2) is 0 Å². The van der Waals surface area contributed by atoms with Crippen LogP contribution in [0.15, 0.2) is 0 Å². The number of hydrogen-bond acceptors (Lipinski definition) is 4. The van der Waals surface area contributed by atoms with Crippen LogP contribution in [0.2, 0.25) is 0 Å². The number of aliphatic carboxylic acids is 1. The molecule has 6 nitrogen and oxygen atoms in total. The summed E-state index contributed by atoms with van der Waals surface area (Å²) in [5.74, 6) is 0.109. The van der Waals surface area contributed by atoms with E-state index in [9.17, 15) is 9.59 Å². The average Bonchev–Trinajstić information content (AvgIpc) is 2.38. The molecule has 0 aromatic rings. The maximum absolute atomic E-state index is 12.3. The summed E-state index contributed by atoms with van der Waals surface area (Å²) in [5, 5.41) is 8.87. The quantitative estimate of drug-likeness (QED) is 0.738. The second-order valence-electron chi connectivity index (χ2n) is 4.57. The molecule has 7 heteroatoms. The fourth-order valence-electron chi connectivity index (χ4n) is 2.04. The number of morpholine rings is 1. The number of thioether (sulfide) groups is 1. The van der Waals surface area contributed by atoms with Gasteiger partial charge in [0, 0.05) is 20.1 Å². The monoisotopic (exact) mass is 290 g/mol. The molecule has 1 unspecified atom stereocenters. The highest BCUT2D eigenvalue weighted by Gasteiger charge is 2.30. The van der Waals surface area contributed by atoms with E-state index < -0.39 is 5.97 Å². The van der Waals surface area contributed by atoms with E-state index in [1.54, 1.807) is 28.6 Å².